The van der Waals surface area contributed by atoms with Crippen LogP contribution in [0.25, 0.3) is 31.8 Å². The van der Waals surface area contributed by atoms with E-state index in [-0.39, 0.29) is 36.5 Å². The Labute approximate surface area is 267 Å². The minimum absolute atomic E-state index is 0.00519. The number of amides is 2. The Hall–Kier alpha value is -4.95. The number of aliphatic hydroxyl groups excluding tert-OH is 1. The minimum Gasteiger partial charge on any atom is -0.484 e. The molecule has 238 valence electrons. The highest BCUT2D eigenvalue weighted by atomic mass is 32.1. The first-order valence-corrected chi connectivity index (χ1v) is 15.4. The van der Waals surface area contributed by atoms with Crippen LogP contribution in [0.4, 0.5) is 14.9 Å². The summed E-state index contributed by atoms with van der Waals surface area (Å²) >= 11 is 1.37. The van der Waals surface area contributed by atoms with Crippen molar-refractivity contribution in [3.63, 3.8) is 0 Å². The second-order valence-electron chi connectivity index (χ2n) is 11.0. The largest absolute Gasteiger partial charge is 0.484 e. The van der Waals surface area contributed by atoms with Gasteiger partial charge >= 0.3 is 6.09 Å². The number of anilines is 1. The van der Waals surface area contributed by atoms with Crippen LogP contribution in [0.5, 0.6) is 11.6 Å². The van der Waals surface area contributed by atoms with Crippen molar-refractivity contribution in [3.05, 3.63) is 65.9 Å². The lowest BCUT2D eigenvalue weighted by molar-refractivity contribution is 0.0776. The molecule has 0 radical (unpaired) electrons. The SMILES string of the molecule is COc1cnc2c(-c3nc4cc(F)c(O[C@@H](C)COC(=O)Nc5ccc(C(=O)N6CC[C@H](CO)C6)nc5)cc4s3)cc(C)cc2n1. The summed E-state index contributed by atoms with van der Waals surface area (Å²) in [7, 11) is 1.53. The Kier molecular flexibility index (Phi) is 8.90. The number of hydrogen-bond acceptors (Lipinski definition) is 11. The van der Waals surface area contributed by atoms with Crippen LogP contribution in [0.15, 0.2) is 48.8 Å². The van der Waals surface area contributed by atoms with E-state index in [2.05, 4.69) is 25.3 Å². The molecule has 0 spiro atoms. The number of hydrogen-bond donors (Lipinski definition) is 2. The van der Waals surface area contributed by atoms with E-state index in [1.165, 1.54) is 36.8 Å². The number of pyridine rings is 1. The van der Waals surface area contributed by atoms with E-state index < -0.39 is 18.0 Å². The first-order chi connectivity index (χ1) is 22.2. The Morgan fingerprint density at radius 1 is 1.15 bits per heavy atom. The van der Waals surface area contributed by atoms with Crippen LogP contribution in [0.1, 0.15) is 29.4 Å². The Balaban J connectivity index is 1.07. The van der Waals surface area contributed by atoms with Gasteiger partial charge in [-0.05, 0) is 50.1 Å². The number of benzene rings is 2. The Morgan fingerprint density at radius 2 is 2.00 bits per heavy atom. The molecule has 14 heteroatoms. The molecule has 4 heterocycles. The van der Waals surface area contributed by atoms with Gasteiger partial charge in [-0.15, -0.1) is 11.3 Å². The average Bonchev–Trinajstić information content (AvgIpc) is 3.70. The molecular formula is C32H31FN6O6S. The molecule has 1 aliphatic heterocycles. The monoisotopic (exact) mass is 646 g/mol. The highest BCUT2D eigenvalue weighted by molar-refractivity contribution is 7.21. The number of aryl methyl sites for hydroxylation is 1. The fourth-order valence-electron chi connectivity index (χ4n) is 5.16. The zero-order valence-corrected chi connectivity index (χ0v) is 26.1. The predicted molar refractivity (Wildman–Crippen MR) is 170 cm³/mol. The molecular weight excluding hydrogens is 615 g/mol. The summed E-state index contributed by atoms with van der Waals surface area (Å²) in [6, 6.07) is 9.84. The van der Waals surface area contributed by atoms with Crippen LogP contribution >= 0.6 is 11.3 Å². The summed E-state index contributed by atoms with van der Waals surface area (Å²) in [6.07, 6.45) is 2.24. The molecule has 1 fully saturated rings. The van der Waals surface area contributed by atoms with Crippen molar-refractivity contribution in [3.8, 4) is 22.2 Å². The third kappa shape index (κ3) is 6.67. The molecule has 6 rings (SSSR count). The van der Waals surface area contributed by atoms with E-state index in [1.807, 2.05) is 19.1 Å². The lowest BCUT2D eigenvalue weighted by Crippen LogP contribution is -2.29. The number of ether oxygens (including phenoxy) is 3. The van der Waals surface area contributed by atoms with Crippen molar-refractivity contribution in [2.45, 2.75) is 26.4 Å². The predicted octanol–water partition coefficient (Wildman–Crippen LogP) is 5.23. The number of nitrogens with one attached hydrogen (secondary N) is 1. The molecule has 0 unspecified atom stereocenters. The van der Waals surface area contributed by atoms with Crippen molar-refractivity contribution < 1.29 is 33.3 Å². The molecule has 2 atom stereocenters. The van der Waals surface area contributed by atoms with Gasteiger partial charge in [0.05, 0.1) is 46.4 Å². The van der Waals surface area contributed by atoms with Gasteiger partial charge in [-0.1, -0.05) is 0 Å². The van der Waals surface area contributed by atoms with E-state index in [4.69, 9.17) is 14.2 Å². The Morgan fingerprint density at radius 3 is 2.74 bits per heavy atom. The minimum atomic E-state index is -0.754. The topological polar surface area (TPSA) is 149 Å². The molecule has 12 nitrogen and oxygen atoms in total. The smallest absolute Gasteiger partial charge is 0.411 e. The highest BCUT2D eigenvalue weighted by Gasteiger charge is 2.27. The van der Waals surface area contributed by atoms with Gasteiger partial charge in [0.25, 0.3) is 5.91 Å². The van der Waals surface area contributed by atoms with Gasteiger partial charge in [0.1, 0.15) is 23.4 Å². The number of thiazole rings is 1. The fraction of sp³-hybridized carbons (Fsp3) is 0.312. The summed E-state index contributed by atoms with van der Waals surface area (Å²) in [5.74, 6) is -0.331. The van der Waals surface area contributed by atoms with Gasteiger partial charge in [-0.3, -0.25) is 10.1 Å². The summed E-state index contributed by atoms with van der Waals surface area (Å²) in [5, 5.41) is 12.5. The number of aliphatic hydroxyl groups is 1. The third-order valence-corrected chi connectivity index (χ3v) is 8.54. The van der Waals surface area contributed by atoms with E-state index >= 15 is 4.39 Å². The molecule has 1 saturated heterocycles. The van der Waals surface area contributed by atoms with Crippen molar-refractivity contribution in [2.75, 3.05) is 38.7 Å². The van der Waals surface area contributed by atoms with Crippen molar-refractivity contribution in [2.24, 2.45) is 5.92 Å². The van der Waals surface area contributed by atoms with Crippen LogP contribution in [0.3, 0.4) is 0 Å². The number of halogens is 1. The lowest BCUT2D eigenvalue weighted by Gasteiger charge is -2.16. The highest BCUT2D eigenvalue weighted by Crippen LogP contribution is 2.37. The van der Waals surface area contributed by atoms with Gasteiger partial charge in [0, 0.05) is 43.3 Å². The number of aromatic nitrogens is 4. The second kappa shape index (κ2) is 13.2. The average molecular weight is 647 g/mol. The van der Waals surface area contributed by atoms with Crippen LogP contribution < -0.4 is 14.8 Å². The number of likely N-dealkylation sites (tertiary alicyclic amines) is 1. The quantitative estimate of drug-likeness (QED) is 0.218. The lowest BCUT2D eigenvalue weighted by atomic mass is 10.1. The number of methoxy groups -OCH3 is 1. The first kappa shape index (κ1) is 31.0. The van der Waals surface area contributed by atoms with Crippen LogP contribution in [-0.4, -0.2) is 81.5 Å². The molecule has 1 aliphatic rings. The third-order valence-electron chi connectivity index (χ3n) is 7.49. The molecule has 2 N–H and O–H groups in total. The molecule has 3 aromatic heterocycles. The number of nitrogens with zero attached hydrogens (tertiary/aromatic N) is 5. The van der Waals surface area contributed by atoms with Crippen molar-refractivity contribution in [1.82, 2.24) is 24.8 Å². The summed E-state index contributed by atoms with van der Waals surface area (Å²) in [6.45, 7) is 4.55. The van der Waals surface area contributed by atoms with Gasteiger partial charge in [0.15, 0.2) is 11.6 Å². The van der Waals surface area contributed by atoms with Gasteiger partial charge < -0.3 is 24.2 Å². The number of fused-ring (bicyclic) bond motifs is 2. The zero-order valence-electron chi connectivity index (χ0n) is 25.3. The van der Waals surface area contributed by atoms with Crippen LogP contribution in [0.2, 0.25) is 0 Å². The molecule has 2 aromatic carbocycles. The standard InChI is InChI=1S/C32H31FN6O6S/c1-17-8-21(29-25(9-17)37-28(43-3)13-35-29)30-38-24-10-22(33)26(11-27(24)46-30)45-18(2)16-44-32(42)36-20-4-5-23(34-12-20)31(41)39-7-6-19(14-39)15-40/h4-5,8-13,18-19,40H,6-7,14-16H2,1-3H3,(H,36,42)/t18-,19-/m0/s1. The van der Waals surface area contributed by atoms with Gasteiger partial charge in [0.2, 0.25) is 5.88 Å². The molecule has 0 aliphatic carbocycles. The van der Waals surface area contributed by atoms with E-state index in [1.54, 1.807) is 30.2 Å². The molecule has 46 heavy (non-hydrogen) atoms. The first-order valence-electron chi connectivity index (χ1n) is 14.6. The maximum Gasteiger partial charge on any atom is 0.411 e. The fourth-order valence-corrected chi connectivity index (χ4v) is 6.16. The molecule has 0 saturated carbocycles. The summed E-state index contributed by atoms with van der Waals surface area (Å²) < 4.78 is 32.0. The zero-order chi connectivity index (χ0) is 32.4. The van der Waals surface area contributed by atoms with Gasteiger partial charge in [-0.2, -0.15) is 0 Å². The number of carbonyl (C=O) groups excluding carboxylic acids is 2. The maximum atomic E-state index is 15.0. The van der Waals surface area contributed by atoms with E-state index in [9.17, 15) is 14.7 Å². The number of carbonyl (C=O) groups is 2. The van der Waals surface area contributed by atoms with Crippen LogP contribution in [-0.2, 0) is 4.74 Å². The van der Waals surface area contributed by atoms with E-state index in [0.29, 0.717) is 50.9 Å². The molecule has 0 bridgehead atoms. The maximum absolute atomic E-state index is 15.0. The molecule has 5 aromatic rings. The van der Waals surface area contributed by atoms with E-state index in [0.717, 1.165) is 17.5 Å². The van der Waals surface area contributed by atoms with Gasteiger partial charge in [-0.25, -0.2) is 29.1 Å². The normalized spacial score (nSPS) is 15.2. The molecule has 2 amide bonds. The van der Waals surface area contributed by atoms with Crippen LogP contribution in [0, 0.1) is 18.7 Å². The van der Waals surface area contributed by atoms with Crippen molar-refractivity contribution in [1.29, 1.82) is 0 Å². The summed E-state index contributed by atoms with van der Waals surface area (Å²) in [4.78, 5) is 44.5. The summed E-state index contributed by atoms with van der Waals surface area (Å²) in [5.41, 5.74) is 4.13. The number of rotatable bonds is 9. The second-order valence-corrected chi connectivity index (χ2v) is 12.1. The Bertz CT molecular complexity index is 1920. The van der Waals surface area contributed by atoms with Crippen molar-refractivity contribution >= 4 is 50.3 Å².